The monoisotopic (exact) mass is 258 g/mol. The quantitative estimate of drug-likeness (QED) is 0.769. The van der Waals surface area contributed by atoms with E-state index in [4.69, 9.17) is 11.6 Å². The number of hydrogen-bond acceptors (Lipinski definition) is 2. The van der Waals surface area contributed by atoms with Crippen molar-refractivity contribution in [2.24, 2.45) is 5.92 Å². The van der Waals surface area contributed by atoms with Crippen LogP contribution < -0.4 is 5.32 Å². The standard InChI is InChI=1S/C12H19ClN2O2/c13-6-3-11(16)14-10-4-7-15(8-5-10)12(17)9-1-2-9/h9-10H,1-8H2,(H,14,16). The van der Waals surface area contributed by atoms with Crippen molar-refractivity contribution in [3.63, 3.8) is 0 Å². The van der Waals surface area contributed by atoms with Crippen LogP contribution in [-0.4, -0.2) is 41.7 Å². The zero-order valence-corrected chi connectivity index (χ0v) is 10.7. The highest BCUT2D eigenvalue weighted by Crippen LogP contribution is 2.31. The van der Waals surface area contributed by atoms with Gasteiger partial charge in [-0.3, -0.25) is 9.59 Å². The molecule has 0 aromatic rings. The highest BCUT2D eigenvalue weighted by molar-refractivity contribution is 6.18. The largest absolute Gasteiger partial charge is 0.353 e. The number of nitrogens with zero attached hydrogens (tertiary/aromatic N) is 1. The summed E-state index contributed by atoms with van der Waals surface area (Å²) in [6.07, 6.45) is 4.23. The van der Waals surface area contributed by atoms with Gasteiger partial charge >= 0.3 is 0 Å². The van der Waals surface area contributed by atoms with Gasteiger partial charge in [0.05, 0.1) is 0 Å². The molecule has 1 aliphatic heterocycles. The molecule has 1 N–H and O–H groups in total. The summed E-state index contributed by atoms with van der Waals surface area (Å²) < 4.78 is 0. The molecular formula is C12H19ClN2O2. The van der Waals surface area contributed by atoms with Gasteiger partial charge in [-0.1, -0.05) is 0 Å². The van der Waals surface area contributed by atoms with E-state index in [0.29, 0.717) is 24.1 Å². The predicted molar refractivity (Wildman–Crippen MR) is 65.8 cm³/mol. The van der Waals surface area contributed by atoms with Crippen LogP contribution in [-0.2, 0) is 9.59 Å². The van der Waals surface area contributed by atoms with Gasteiger partial charge in [-0.15, -0.1) is 11.6 Å². The van der Waals surface area contributed by atoms with Crippen LogP contribution in [0, 0.1) is 5.92 Å². The maximum atomic E-state index is 11.8. The van der Waals surface area contributed by atoms with Crippen molar-refractivity contribution in [2.75, 3.05) is 19.0 Å². The van der Waals surface area contributed by atoms with Crippen molar-refractivity contribution in [3.8, 4) is 0 Å². The van der Waals surface area contributed by atoms with Crippen molar-refractivity contribution in [1.82, 2.24) is 10.2 Å². The number of nitrogens with one attached hydrogen (secondary N) is 1. The molecule has 0 aromatic heterocycles. The molecule has 0 bridgehead atoms. The number of likely N-dealkylation sites (tertiary alicyclic amines) is 1. The van der Waals surface area contributed by atoms with Crippen LogP contribution in [0.15, 0.2) is 0 Å². The van der Waals surface area contributed by atoms with Crippen LogP contribution >= 0.6 is 11.6 Å². The third-order valence-corrected chi connectivity index (χ3v) is 3.61. The average molecular weight is 259 g/mol. The number of amides is 2. The summed E-state index contributed by atoms with van der Waals surface area (Å²) in [6, 6.07) is 0.217. The third-order valence-electron chi connectivity index (χ3n) is 3.42. The number of rotatable bonds is 4. The molecule has 1 aliphatic carbocycles. The van der Waals surface area contributed by atoms with Crippen molar-refractivity contribution >= 4 is 23.4 Å². The van der Waals surface area contributed by atoms with Crippen molar-refractivity contribution in [3.05, 3.63) is 0 Å². The molecule has 96 valence electrons. The van der Waals surface area contributed by atoms with Gasteiger partial charge in [0, 0.05) is 37.4 Å². The molecule has 0 spiro atoms. The lowest BCUT2D eigenvalue weighted by Crippen LogP contribution is -2.47. The molecule has 2 aliphatic rings. The number of carbonyl (C=O) groups excluding carboxylic acids is 2. The van der Waals surface area contributed by atoms with E-state index in [0.717, 1.165) is 38.8 Å². The lowest BCUT2D eigenvalue weighted by molar-refractivity contribution is -0.133. The Morgan fingerprint density at radius 2 is 1.82 bits per heavy atom. The molecule has 0 radical (unpaired) electrons. The van der Waals surface area contributed by atoms with E-state index in [9.17, 15) is 9.59 Å². The smallest absolute Gasteiger partial charge is 0.225 e. The summed E-state index contributed by atoms with van der Waals surface area (Å²) in [6.45, 7) is 1.56. The molecule has 17 heavy (non-hydrogen) atoms. The topological polar surface area (TPSA) is 49.4 Å². The molecule has 1 heterocycles. The number of halogens is 1. The van der Waals surface area contributed by atoms with Gasteiger partial charge in [0.2, 0.25) is 11.8 Å². The van der Waals surface area contributed by atoms with E-state index in [1.54, 1.807) is 0 Å². The van der Waals surface area contributed by atoms with E-state index in [1.165, 1.54) is 0 Å². The number of piperidine rings is 1. The maximum absolute atomic E-state index is 11.8. The van der Waals surface area contributed by atoms with Gasteiger partial charge < -0.3 is 10.2 Å². The number of alkyl halides is 1. The highest BCUT2D eigenvalue weighted by atomic mass is 35.5. The molecule has 1 saturated heterocycles. The van der Waals surface area contributed by atoms with E-state index in [2.05, 4.69) is 5.32 Å². The molecule has 4 nitrogen and oxygen atoms in total. The summed E-state index contributed by atoms with van der Waals surface area (Å²) in [7, 11) is 0. The van der Waals surface area contributed by atoms with Crippen LogP contribution in [0.5, 0.6) is 0 Å². The summed E-state index contributed by atoms with van der Waals surface area (Å²) in [5, 5.41) is 2.96. The first-order chi connectivity index (χ1) is 8.20. The first-order valence-electron chi connectivity index (χ1n) is 6.35. The highest BCUT2D eigenvalue weighted by Gasteiger charge is 2.34. The molecule has 1 saturated carbocycles. The van der Waals surface area contributed by atoms with Crippen LogP contribution in [0.3, 0.4) is 0 Å². The van der Waals surface area contributed by atoms with Gasteiger partial charge in [-0.05, 0) is 25.7 Å². The lowest BCUT2D eigenvalue weighted by atomic mass is 10.0. The van der Waals surface area contributed by atoms with Crippen LogP contribution in [0.1, 0.15) is 32.1 Å². The van der Waals surface area contributed by atoms with E-state index in [-0.39, 0.29) is 11.9 Å². The minimum Gasteiger partial charge on any atom is -0.353 e. The second-order valence-corrected chi connectivity index (χ2v) is 5.26. The predicted octanol–water partition coefficient (Wildman–Crippen LogP) is 1.13. The van der Waals surface area contributed by atoms with Gasteiger partial charge in [-0.2, -0.15) is 0 Å². The number of carbonyl (C=O) groups is 2. The molecule has 0 atom stereocenters. The van der Waals surface area contributed by atoms with Gasteiger partial charge in [0.25, 0.3) is 0 Å². The summed E-state index contributed by atoms with van der Waals surface area (Å²) in [5.41, 5.74) is 0. The Kier molecular flexibility index (Phi) is 4.26. The third kappa shape index (κ3) is 3.60. The first-order valence-corrected chi connectivity index (χ1v) is 6.88. The minimum atomic E-state index is 0.0203. The lowest BCUT2D eigenvalue weighted by Gasteiger charge is -2.32. The van der Waals surface area contributed by atoms with Gasteiger partial charge in [-0.25, -0.2) is 0 Å². The zero-order valence-electron chi connectivity index (χ0n) is 9.95. The summed E-state index contributed by atoms with van der Waals surface area (Å²) >= 11 is 5.51. The Labute approximate surface area is 107 Å². The second kappa shape index (κ2) is 5.71. The second-order valence-electron chi connectivity index (χ2n) is 4.88. The fraction of sp³-hybridized carbons (Fsp3) is 0.833. The maximum Gasteiger partial charge on any atom is 0.225 e. The van der Waals surface area contributed by atoms with Gasteiger partial charge in [0.1, 0.15) is 0 Å². The Morgan fingerprint density at radius 1 is 1.18 bits per heavy atom. The summed E-state index contributed by atoms with van der Waals surface area (Å²) in [4.78, 5) is 25.1. The molecular weight excluding hydrogens is 240 g/mol. The normalized spacial score (nSPS) is 21.4. The van der Waals surface area contributed by atoms with Crippen LogP contribution in [0.25, 0.3) is 0 Å². The Morgan fingerprint density at radius 3 is 2.35 bits per heavy atom. The first kappa shape index (κ1) is 12.7. The Bertz CT molecular complexity index is 297. The molecule has 2 fully saturated rings. The van der Waals surface area contributed by atoms with Gasteiger partial charge in [0.15, 0.2) is 0 Å². The molecule has 0 unspecified atom stereocenters. The van der Waals surface area contributed by atoms with Crippen molar-refractivity contribution < 1.29 is 9.59 Å². The fourth-order valence-electron chi connectivity index (χ4n) is 2.22. The number of hydrogen-bond donors (Lipinski definition) is 1. The van der Waals surface area contributed by atoms with E-state index in [1.807, 2.05) is 4.90 Å². The molecule has 2 rings (SSSR count). The summed E-state index contributed by atoms with van der Waals surface area (Å²) in [5.74, 6) is 1.00. The van der Waals surface area contributed by atoms with Crippen LogP contribution in [0.2, 0.25) is 0 Å². The Hall–Kier alpha value is -0.770. The van der Waals surface area contributed by atoms with Crippen molar-refractivity contribution in [2.45, 2.75) is 38.1 Å². The zero-order chi connectivity index (χ0) is 12.3. The molecule has 2 amide bonds. The molecule has 0 aromatic carbocycles. The SMILES string of the molecule is O=C(CCCl)NC1CCN(C(=O)C2CC2)CC1. The minimum absolute atomic E-state index is 0.0203. The van der Waals surface area contributed by atoms with E-state index >= 15 is 0 Å². The fourth-order valence-corrected chi connectivity index (χ4v) is 2.39. The average Bonchev–Trinajstić information content (AvgIpc) is 3.13. The van der Waals surface area contributed by atoms with Crippen LogP contribution in [0.4, 0.5) is 0 Å². The van der Waals surface area contributed by atoms with Crippen molar-refractivity contribution in [1.29, 1.82) is 0 Å². The van der Waals surface area contributed by atoms with E-state index < -0.39 is 0 Å². The Balaban J connectivity index is 1.70. The molecule has 5 heteroatoms.